The Morgan fingerprint density at radius 2 is 1.82 bits per heavy atom. The average Bonchev–Trinajstić information content (AvgIpc) is 3.14. The molecule has 0 aromatic heterocycles. The lowest BCUT2D eigenvalue weighted by Gasteiger charge is -2.38. The van der Waals surface area contributed by atoms with Crippen LogP contribution in [0.1, 0.15) is 25.7 Å². The van der Waals surface area contributed by atoms with Gasteiger partial charge in [0, 0.05) is 19.1 Å². The predicted molar refractivity (Wildman–Crippen MR) is 66.8 cm³/mol. The Hall–Kier alpha value is -0.610. The van der Waals surface area contributed by atoms with E-state index in [1.54, 1.807) is 0 Å². The molecule has 0 bridgehead atoms. The molecule has 1 heterocycles. The monoisotopic (exact) mass is 240 g/mol. The lowest BCUT2D eigenvalue weighted by molar-refractivity contribution is -0.148. The first-order valence-corrected chi connectivity index (χ1v) is 6.61. The van der Waals surface area contributed by atoms with Gasteiger partial charge < -0.3 is 9.64 Å². The van der Waals surface area contributed by atoms with E-state index < -0.39 is 0 Å². The molecule has 1 aliphatic carbocycles. The Balaban J connectivity index is 1.91. The quantitative estimate of drug-likeness (QED) is 0.685. The van der Waals surface area contributed by atoms with Crippen LogP contribution in [0.2, 0.25) is 0 Å². The molecule has 1 saturated carbocycles. The summed E-state index contributed by atoms with van der Waals surface area (Å²) < 4.78 is 4.95. The molecule has 1 aliphatic heterocycles. The van der Waals surface area contributed by atoms with Crippen LogP contribution >= 0.6 is 0 Å². The number of hydrogen-bond donors (Lipinski definition) is 0. The number of rotatable bonds is 4. The number of carbonyl (C=O) groups is 1. The second-order valence-corrected chi connectivity index (χ2v) is 5.54. The molecule has 1 saturated heterocycles. The zero-order valence-corrected chi connectivity index (χ0v) is 11.2. The molecule has 4 nitrogen and oxygen atoms in total. The maximum absolute atomic E-state index is 11.8. The van der Waals surface area contributed by atoms with Gasteiger partial charge in [0.05, 0.1) is 7.11 Å². The van der Waals surface area contributed by atoms with Crippen molar-refractivity contribution in [1.82, 2.24) is 9.80 Å². The molecule has 0 radical (unpaired) electrons. The standard InChI is InChI=1S/C13H24N2O2/c1-14(2)11-6-8-15(9-7-11)12(10-4-5-10)13(16)17-3/h10-12H,4-9H2,1-3H3. The zero-order chi connectivity index (χ0) is 12.4. The summed E-state index contributed by atoms with van der Waals surface area (Å²) in [5, 5.41) is 0. The number of likely N-dealkylation sites (tertiary alicyclic amines) is 1. The van der Waals surface area contributed by atoms with Gasteiger partial charge in [-0.2, -0.15) is 0 Å². The first-order chi connectivity index (χ1) is 8.13. The van der Waals surface area contributed by atoms with Crippen LogP contribution in [-0.2, 0) is 9.53 Å². The average molecular weight is 240 g/mol. The fourth-order valence-electron chi connectivity index (χ4n) is 2.85. The second-order valence-electron chi connectivity index (χ2n) is 5.54. The highest BCUT2D eigenvalue weighted by atomic mass is 16.5. The van der Waals surface area contributed by atoms with Crippen LogP contribution in [0.3, 0.4) is 0 Å². The summed E-state index contributed by atoms with van der Waals surface area (Å²) >= 11 is 0. The molecular weight excluding hydrogens is 216 g/mol. The number of methoxy groups -OCH3 is 1. The maximum Gasteiger partial charge on any atom is 0.323 e. The fraction of sp³-hybridized carbons (Fsp3) is 0.923. The third-order valence-corrected chi connectivity index (χ3v) is 4.13. The van der Waals surface area contributed by atoms with Crippen molar-refractivity contribution in [3.05, 3.63) is 0 Å². The molecule has 0 aromatic rings. The van der Waals surface area contributed by atoms with Crippen molar-refractivity contribution in [2.75, 3.05) is 34.3 Å². The van der Waals surface area contributed by atoms with Gasteiger partial charge in [0.1, 0.15) is 6.04 Å². The first kappa shape index (κ1) is 12.8. The van der Waals surface area contributed by atoms with Gasteiger partial charge in [-0.3, -0.25) is 9.69 Å². The van der Waals surface area contributed by atoms with E-state index in [2.05, 4.69) is 23.9 Å². The fourth-order valence-corrected chi connectivity index (χ4v) is 2.85. The number of piperidine rings is 1. The molecule has 1 atom stereocenters. The summed E-state index contributed by atoms with van der Waals surface area (Å²) in [5.41, 5.74) is 0. The Labute approximate surface area is 104 Å². The van der Waals surface area contributed by atoms with Crippen molar-refractivity contribution in [1.29, 1.82) is 0 Å². The Bertz CT molecular complexity index is 269. The van der Waals surface area contributed by atoms with Gasteiger partial charge in [0.15, 0.2) is 0 Å². The summed E-state index contributed by atoms with van der Waals surface area (Å²) in [6, 6.07) is 0.701. The van der Waals surface area contributed by atoms with E-state index in [1.807, 2.05) is 0 Å². The minimum absolute atomic E-state index is 0.0307. The van der Waals surface area contributed by atoms with Crippen molar-refractivity contribution in [2.45, 2.75) is 37.8 Å². The predicted octanol–water partition coefficient (Wildman–Crippen LogP) is 0.964. The third-order valence-electron chi connectivity index (χ3n) is 4.13. The summed E-state index contributed by atoms with van der Waals surface area (Å²) in [7, 11) is 5.78. The largest absolute Gasteiger partial charge is 0.468 e. The Morgan fingerprint density at radius 1 is 1.24 bits per heavy atom. The van der Waals surface area contributed by atoms with E-state index in [9.17, 15) is 4.79 Å². The zero-order valence-electron chi connectivity index (χ0n) is 11.2. The van der Waals surface area contributed by atoms with Crippen molar-refractivity contribution in [3.8, 4) is 0 Å². The molecule has 0 spiro atoms. The van der Waals surface area contributed by atoms with E-state index >= 15 is 0 Å². The first-order valence-electron chi connectivity index (χ1n) is 6.61. The highest BCUT2D eigenvalue weighted by Gasteiger charge is 2.41. The van der Waals surface area contributed by atoms with Crippen LogP contribution in [0.25, 0.3) is 0 Å². The van der Waals surface area contributed by atoms with E-state index in [0.29, 0.717) is 12.0 Å². The molecule has 0 aromatic carbocycles. The molecular formula is C13H24N2O2. The minimum atomic E-state index is -0.0317. The van der Waals surface area contributed by atoms with Gasteiger partial charge in [-0.15, -0.1) is 0 Å². The number of carbonyl (C=O) groups excluding carboxylic acids is 1. The molecule has 2 aliphatic rings. The molecule has 0 amide bonds. The second kappa shape index (κ2) is 5.36. The van der Waals surface area contributed by atoms with Crippen LogP contribution in [0.4, 0.5) is 0 Å². The van der Waals surface area contributed by atoms with Gasteiger partial charge in [-0.05, 0) is 45.7 Å². The Morgan fingerprint density at radius 3 is 2.24 bits per heavy atom. The number of hydrogen-bond acceptors (Lipinski definition) is 4. The van der Waals surface area contributed by atoms with Crippen LogP contribution in [-0.4, -0.2) is 62.1 Å². The van der Waals surface area contributed by atoms with E-state index in [0.717, 1.165) is 25.9 Å². The summed E-state index contributed by atoms with van der Waals surface area (Å²) in [4.78, 5) is 16.5. The summed E-state index contributed by atoms with van der Waals surface area (Å²) in [6.07, 6.45) is 4.70. The van der Waals surface area contributed by atoms with Crippen LogP contribution < -0.4 is 0 Å². The minimum Gasteiger partial charge on any atom is -0.468 e. The van der Waals surface area contributed by atoms with Crippen LogP contribution in [0.5, 0.6) is 0 Å². The highest BCUT2D eigenvalue weighted by molar-refractivity contribution is 5.76. The third kappa shape index (κ3) is 2.99. The molecule has 2 fully saturated rings. The summed E-state index contributed by atoms with van der Waals surface area (Å²) in [5.74, 6) is 0.522. The van der Waals surface area contributed by atoms with Crippen LogP contribution in [0.15, 0.2) is 0 Å². The van der Waals surface area contributed by atoms with Crippen molar-refractivity contribution in [2.24, 2.45) is 5.92 Å². The van der Waals surface area contributed by atoms with Gasteiger partial charge in [-0.1, -0.05) is 0 Å². The smallest absolute Gasteiger partial charge is 0.323 e. The lowest BCUT2D eigenvalue weighted by atomic mass is 10.0. The van der Waals surface area contributed by atoms with Gasteiger partial charge >= 0.3 is 5.97 Å². The lowest BCUT2D eigenvalue weighted by Crippen LogP contribution is -2.50. The molecule has 0 N–H and O–H groups in total. The van der Waals surface area contributed by atoms with E-state index in [4.69, 9.17) is 4.74 Å². The molecule has 2 rings (SSSR count). The molecule has 98 valence electrons. The Kier molecular flexibility index (Phi) is 4.05. The van der Waals surface area contributed by atoms with Crippen LogP contribution in [0, 0.1) is 5.92 Å². The summed E-state index contributed by atoms with van der Waals surface area (Å²) in [6.45, 7) is 2.05. The van der Waals surface area contributed by atoms with Gasteiger partial charge in [0.2, 0.25) is 0 Å². The van der Waals surface area contributed by atoms with Crippen molar-refractivity contribution < 1.29 is 9.53 Å². The maximum atomic E-state index is 11.8. The molecule has 4 heteroatoms. The van der Waals surface area contributed by atoms with E-state index in [-0.39, 0.29) is 12.0 Å². The number of nitrogens with zero attached hydrogens (tertiary/aromatic N) is 2. The van der Waals surface area contributed by atoms with Gasteiger partial charge in [-0.25, -0.2) is 0 Å². The molecule has 1 unspecified atom stereocenters. The SMILES string of the molecule is COC(=O)C(C1CC1)N1CCC(N(C)C)CC1. The molecule has 17 heavy (non-hydrogen) atoms. The van der Waals surface area contributed by atoms with Crippen molar-refractivity contribution >= 4 is 5.97 Å². The van der Waals surface area contributed by atoms with E-state index in [1.165, 1.54) is 20.0 Å². The number of ether oxygens (including phenoxy) is 1. The topological polar surface area (TPSA) is 32.8 Å². The highest BCUT2D eigenvalue weighted by Crippen LogP contribution is 2.37. The number of esters is 1. The van der Waals surface area contributed by atoms with Crippen molar-refractivity contribution in [3.63, 3.8) is 0 Å². The normalized spacial score (nSPS) is 24.9. The van der Waals surface area contributed by atoms with Gasteiger partial charge in [0.25, 0.3) is 0 Å².